The van der Waals surface area contributed by atoms with Crippen LogP contribution in [0.5, 0.6) is 0 Å². The van der Waals surface area contributed by atoms with E-state index in [9.17, 15) is 10.4 Å². The standard InChI is InChI=1S/C20H29BrN4O2/c1-17(2)19(5,6)24(26)15(22-17)12-9-13(11-14(21)10-12)16-23-18(3,4)20(7,8)25(16)27/h9-11,26-27H,1-8H3. The molecule has 148 valence electrons. The number of amidine groups is 2. The first-order valence-corrected chi connectivity index (χ1v) is 9.90. The lowest BCUT2D eigenvalue weighted by Gasteiger charge is -2.37. The van der Waals surface area contributed by atoms with Gasteiger partial charge in [-0.2, -0.15) is 0 Å². The molecular formula is C20H29BrN4O2. The van der Waals surface area contributed by atoms with Crippen molar-refractivity contribution in [2.24, 2.45) is 9.98 Å². The third kappa shape index (κ3) is 2.82. The lowest BCUT2D eigenvalue weighted by atomic mass is 9.84. The zero-order chi connectivity index (χ0) is 20.6. The van der Waals surface area contributed by atoms with Crippen molar-refractivity contribution in [3.63, 3.8) is 0 Å². The third-order valence-corrected chi connectivity index (χ3v) is 7.10. The quantitative estimate of drug-likeness (QED) is 0.717. The highest BCUT2D eigenvalue weighted by atomic mass is 79.9. The van der Waals surface area contributed by atoms with E-state index in [4.69, 9.17) is 9.98 Å². The van der Waals surface area contributed by atoms with Crippen molar-refractivity contribution in [1.82, 2.24) is 10.1 Å². The Kier molecular flexibility index (Phi) is 4.35. The summed E-state index contributed by atoms with van der Waals surface area (Å²) in [5.74, 6) is 1.02. The molecule has 0 atom stereocenters. The van der Waals surface area contributed by atoms with E-state index in [2.05, 4.69) is 15.9 Å². The van der Waals surface area contributed by atoms with Crippen LogP contribution in [0, 0.1) is 0 Å². The van der Waals surface area contributed by atoms with Crippen molar-refractivity contribution in [2.45, 2.75) is 77.5 Å². The summed E-state index contributed by atoms with van der Waals surface area (Å²) < 4.78 is 0.826. The fraction of sp³-hybridized carbons (Fsp3) is 0.600. The molecular weight excluding hydrogens is 408 g/mol. The van der Waals surface area contributed by atoms with E-state index >= 15 is 0 Å². The minimum Gasteiger partial charge on any atom is -0.286 e. The average molecular weight is 437 g/mol. The highest BCUT2D eigenvalue weighted by molar-refractivity contribution is 9.10. The molecule has 3 rings (SSSR count). The van der Waals surface area contributed by atoms with Gasteiger partial charge in [0, 0.05) is 15.6 Å². The van der Waals surface area contributed by atoms with Gasteiger partial charge < -0.3 is 0 Å². The van der Waals surface area contributed by atoms with Crippen LogP contribution in [0.4, 0.5) is 0 Å². The van der Waals surface area contributed by atoms with Gasteiger partial charge in [-0.1, -0.05) is 15.9 Å². The zero-order valence-corrected chi connectivity index (χ0v) is 18.9. The van der Waals surface area contributed by atoms with E-state index in [-0.39, 0.29) is 0 Å². The molecule has 1 aromatic carbocycles. The maximum atomic E-state index is 10.8. The largest absolute Gasteiger partial charge is 0.286 e. The fourth-order valence-corrected chi connectivity index (χ4v) is 3.66. The van der Waals surface area contributed by atoms with Gasteiger partial charge >= 0.3 is 0 Å². The lowest BCUT2D eigenvalue weighted by Crippen LogP contribution is -2.51. The maximum absolute atomic E-state index is 10.8. The van der Waals surface area contributed by atoms with E-state index in [0.717, 1.165) is 15.6 Å². The summed E-state index contributed by atoms with van der Waals surface area (Å²) in [6.45, 7) is 15.9. The second kappa shape index (κ2) is 5.78. The fourth-order valence-electron chi connectivity index (χ4n) is 3.17. The van der Waals surface area contributed by atoms with Crippen LogP contribution >= 0.6 is 15.9 Å². The molecule has 0 saturated carbocycles. The Bertz CT molecular complexity index is 789. The van der Waals surface area contributed by atoms with E-state index in [1.807, 2.05) is 73.6 Å². The van der Waals surface area contributed by atoms with Gasteiger partial charge in [0.2, 0.25) is 0 Å². The molecule has 1 aromatic rings. The number of halogens is 1. The van der Waals surface area contributed by atoms with Crippen LogP contribution in [-0.4, -0.2) is 54.4 Å². The van der Waals surface area contributed by atoms with Crippen LogP contribution in [0.3, 0.4) is 0 Å². The summed E-state index contributed by atoms with van der Waals surface area (Å²) in [5.41, 5.74) is -0.446. The first-order valence-electron chi connectivity index (χ1n) is 9.11. The number of hydrogen-bond donors (Lipinski definition) is 2. The highest BCUT2D eigenvalue weighted by Gasteiger charge is 2.50. The SMILES string of the molecule is CC1(C)N=C(c2cc(Br)cc(C3=NC(C)(C)C(C)(C)N3O)c2)N(O)C1(C)C. The lowest BCUT2D eigenvalue weighted by molar-refractivity contribution is -0.0994. The van der Waals surface area contributed by atoms with E-state index in [1.165, 1.54) is 10.1 Å². The van der Waals surface area contributed by atoms with Crippen molar-refractivity contribution >= 4 is 27.6 Å². The minimum absolute atomic E-state index is 0.447. The summed E-state index contributed by atoms with van der Waals surface area (Å²) >= 11 is 3.55. The number of hydrogen-bond acceptors (Lipinski definition) is 6. The Labute approximate surface area is 169 Å². The molecule has 0 fully saturated rings. The van der Waals surface area contributed by atoms with Crippen LogP contribution in [0.15, 0.2) is 32.7 Å². The Morgan fingerprint density at radius 2 is 1.04 bits per heavy atom. The van der Waals surface area contributed by atoms with Gasteiger partial charge in [-0.3, -0.25) is 20.4 Å². The highest BCUT2D eigenvalue weighted by Crippen LogP contribution is 2.40. The topological polar surface area (TPSA) is 71.7 Å². The van der Waals surface area contributed by atoms with Crippen molar-refractivity contribution < 1.29 is 10.4 Å². The number of hydroxylamine groups is 4. The molecule has 0 amide bonds. The van der Waals surface area contributed by atoms with Crippen molar-refractivity contribution in [2.75, 3.05) is 0 Å². The Morgan fingerprint density at radius 3 is 1.30 bits per heavy atom. The number of benzene rings is 1. The monoisotopic (exact) mass is 436 g/mol. The molecule has 6 nitrogen and oxygen atoms in total. The molecule has 2 aliphatic rings. The van der Waals surface area contributed by atoms with Crippen LogP contribution in [0.2, 0.25) is 0 Å². The molecule has 0 saturated heterocycles. The van der Waals surface area contributed by atoms with Crippen molar-refractivity contribution in [3.8, 4) is 0 Å². The van der Waals surface area contributed by atoms with Gasteiger partial charge in [-0.15, -0.1) is 0 Å². The molecule has 0 spiro atoms. The van der Waals surface area contributed by atoms with Crippen molar-refractivity contribution in [3.05, 3.63) is 33.8 Å². The second-order valence-electron chi connectivity index (χ2n) is 9.46. The van der Waals surface area contributed by atoms with E-state index < -0.39 is 22.2 Å². The zero-order valence-electron chi connectivity index (χ0n) is 17.3. The van der Waals surface area contributed by atoms with Crippen LogP contribution in [-0.2, 0) is 0 Å². The first-order chi connectivity index (χ1) is 12.1. The summed E-state index contributed by atoms with van der Waals surface area (Å²) in [5, 5.41) is 24.0. The molecule has 2 N–H and O–H groups in total. The smallest absolute Gasteiger partial charge is 0.156 e. The molecule has 2 aliphatic heterocycles. The first kappa shape index (κ1) is 20.3. The van der Waals surface area contributed by atoms with Gasteiger partial charge in [0.15, 0.2) is 11.7 Å². The Hall–Kier alpha value is -1.44. The Balaban J connectivity index is 2.11. The van der Waals surface area contributed by atoms with Crippen LogP contribution < -0.4 is 0 Å². The maximum Gasteiger partial charge on any atom is 0.156 e. The molecule has 0 radical (unpaired) electrons. The summed E-state index contributed by atoms with van der Waals surface area (Å²) in [6, 6.07) is 5.73. The summed E-state index contributed by atoms with van der Waals surface area (Å²) in [4.78, 5) is 9.53. The van der Waals surface area contributed by atoms with E-state index in [0.29, 0.717) is 11.7 Å². The molecule has 27 heavy (non-hydrogen) atoms. The minimum atomic E-state index is -0.539. The molecule has 0 aliphatic carbocycles. The van der Waals surface area contributed by atoms with Gasteiger partial charge in [0.1, 0.15) is 0 Å². The van der Waals surface area contributed by atoms with Gasteiger partial charge in [0.25, 0.3) is 0 Å². The van der Waals surface area contributed by atoms with Gasteiger partial charge in [0.05, 0.1) is 22.2 Å². The van der Waals surface area contributed by atoms with E-state index in [1.54, 1.807) is 0 Å². The Morgan fingerprint density at radius 1 is 0.704 bits per heavy atom. The molecule has 7 heteroatoms. The van der Waals surface area contributed by atoms with Crippen LogP contribution in [0.1, 0.15) is 66.5 Å². The second-order valence-corrected chi connectivity index (χ2v) is 10.4. The normalized spacial score (nSPS) is 24.9. The molecule has 2 heterocycles. The van der Waals surface area contributed by atoms with Crippen molar-refractivity contribution in [1.29, 1.82) is 0 Å². The molecule has 0 bridgehead atoms. The molecule has 0 aromatic heterocycles. The summed E-state index contributed by atoms with van der Waals surface area (Å²) in [6.07, 6.45) is 0. The predicted octanol–water partition coefficient (Wildman–Crippen LogP) is 4.47. The third-order valence-electron chi connectivity index (χ3n) is 6.64. The van der Waals surface area contributed by atoms with Gasteiger partial charge in [-0.25, -0.2) is 10.1 Å². The molecule has 0 unspecified atom stereocenters. The predicted molar refractivity (Wildman–Crippen MR) is 111 cm³/mol. The number of aliphatic imine (C=N–C) groups is 2. The average Bonchev–Trinajstić information content (AvgIpc) is 2.80. The summed E-state index contributed by atoms with van der Waals surface area (Å²) in [7, 11) is 0. The number of nitrogens with zero attached hydrogens (tertiary/aromatic N) is 4. The number of rotatable bonds is 2. The van der Waals surface area contributed by atoms with Gasteiger partial charge in [-0.05, 0) is 73.6 Å². The van der Waals surface area contributed by atoms with Crippen LogP contribution in [0.25, 0.3) is 0 Å².